The molecule has 0 atom stereocenters. The van der Waals surface area contributed by atoms with Crippen molar-refractivity contribution in [2.75, 3.05) is 0 Å². The fourth-order valence-electron chi connectivity index (χ4n) is 1.82. The van der Waals surface area contributed by atoms with E-state index in [9.17, 15) is 9.59 Å². The van der Waals surface area contributed by atoms with Crippen LogP contribution >= 0.6 is 34.5 Å². The summed E-state index contributed by atoms with van der Waals surface area (Å²) in [5, 5.41) is 0.952. The van der Waals surface area contributed by atoms with Gasteiger partial charge < -0.3 is 4.57 Å². The maximum Gasteiger partial charge on any atom is 0.268 e. The van der Waals surface area contributed by atoms with E-state index in [1.807, 2.05) is 20.8 Å². The Hall–Kier alpha value is -1.36. The Kier molecular flexibility index (Phi) is 5.19. The van der Waals surface area contributed by atoms with E-state index in [-0.39, 0.29) is 11.3 Å². The molecule has 0 N–H and O–H groups in total. The van der Waals surface area contributed by atoms with E-state index in [1.54, 1.807) is 31.3 Å². The Labute approximate surface area is 148 Å². The van der Waals surface area contributed by atoms with E-state index in [4.69, 9.17) is 23.2 Å². The van der Waals surface area contributed by atoms with Gasteiger partial charge in [-0.25, -0.2) is 0 Å². The minimum absolute atomic E-state index is 0.0309. The molecule has 1 heterocycles. The molecule has 2 rings (SSSR count). The molecular weight excluding hydrogens is 353 g/mol. The number of benzene rings is 1. The number of Topliss-reactive ketones (excluding diaryl/α,β-unsaturated/α-hetero) is 1. The number of ketones is 1. The summed E-state index contributed by atoms with van der Waals surface area (Å²) in [6, 6.07) is 5.18. The zero-order valence-electron chi connectivity index (χ0n) is 13.3. The Balaban J connectivity index is 2.67. The summed E-state index contributed by atoms with van der Waals surface area (Å²) in [6.07, 6.45) is 3.17. The molecule has 0 spiro atoms. The van der Waals surface area contributed by atoms with Crippen LogP contribution in [-0.2, 0) is 11.8 Å². The summed E-state index contributed by atoms with van der Waals surface area (Å²) in [6.45, 7) is 5.52. The number of halogens is 2. The van der Waals surface area contributed by atoms with Crippen molar-refractivity contribution in [3.63, 3.8) is 0 Å². The first-order valence-corrected chi connectivity index (χ1v) is 8.56. The number of aromatic nitrogens is 1. The molecule has 1 aromatic heterocycles. The maximum atomic E-state index is 12.4. The summed E-state index contributed by atoms with van der Waals surface area (Å²) >= 11 is 13.5. The van der Waals surface area contributed by atoms with E-state index >= 15 is 0 Å². The van der Waals surface area contributed by atoms with Gasteiger partial charge in [0, 0.05) is 34.1 Å². The predicted molar refractivity (Wildman–Crippen MR) is 97.8 cm³/mol. The molecule has 0 aliphatic rings. The Morgan fingerprint density at radius 2 is 1.78 bits per heavy atom. The first-order chi connectivity index (χ1) is 10.6. The van der Waals surface area contributed by atoms with Crippen molar-refractivity contribution in [3.8, 4) is 0 Å². The van der Waals surface area contributed by atoms with Gasteiger partial charge in [0.15, 0.2) is 5.78 Å². The zero-order valence-corrected chi connectivity index (χ0v) is 15.6. The molecule has 0 bridgehead atoms. The number of rotatable bonds is 2. The summed E-state index contributed by atoms with van der Waals surface area (Å²) in [5.74, 6) is -0.0309. The van der Waals surface area contributed by atoms with Crippen LogP contribution in [0.4, 0.5) is 0 Å². The molecule has 0 amide bonds. The normalized spacial score (nSPS) is 13.7. The van der Waals surface area contributed by atoms with Crippen molar-refractivity contribution in [1.29, 1.82) is 0 Å². The third kappa shape index (κ3) is 3.94. The second kappa shape index (κ2) is 6.63. The average molecular weight is 370 g/mol. The molecule has 6 heteroatoms. The van der Waals surface area contributed by atoms with Crippen LogP contribution in [0.2, 0.25) is 10.0 Å². The van der Waals surface area contributed by atoms with Gasteiger partial charge in [0.2, 0.25) is 0 Å². The van der Waals surface area contributed by atoms with Crippen molar-refractivity contribution in [3.05, 3.63) is 53.4 Å². The van der Waals surface area contributed by atoms with E-state index in [2.05, 4.69) is 0 Å². The lowest BCUT2D eigenvalue weighted by Gasteiger charge is -2.12. The summed E-state index contributed by atoms with van der Waals surface area (Å²) in [7, 11) is 1.64. The van der Waals surface area contributed by atoms with Crippen LogP contribution < -0.4 is 14.8 Å². The molecule has 0 aliphatic heterocycles. The molecule has 122 valence electrons. The highest BCUT2D eigenvalue weighted by Crippen LogP contribution is 2.24. The molecule has 3 nitrogen and oxygen atoms in total. The van der Waals surface area contributed by atoms with E-state index in [1.165, 1.54) is 22.0 Å². The third-order valence-electron chi connectivity index (χ3n) is 3.33. The molecule has 0 radical (unpaired) electrons. The lowest BCUT2D eigenvalue weighted by atomic mass is 9.91. The molecule has 0 unspecified atom stereocenters. The third-order valence-corrected chi connectivity index (χ3v) is 5.10. The second-order valence-electron chi connectivity index (χ2n) is 6.21. The number of nitrogens with zero attached hydrogens (tertiary/aromatic N) is 1. The van der Waals surface area contributed by atoms with Crippen LogP contribution in [0.3, 0.4) is 0 Å². The summed E-state index contributed by atoms with van der Waals surface area (Å²) < 4.78 is 2.55. The van der Waals surface area contributed by atoms with Crippen molar-refractivity contribution in [2.24, 2.45) is 12.5 Å². The second-order valence-corrected chi connectivity index (χ2v) is 8.08. The lowest BCUT2D eigenvalue weighted by molar-refractivity contribution is -0.120. The minimum Gasteiger partial charge on any atom is -0.302 e. The van der Waals surface area contributed by atoms with Gasteiger partial charge in [0.05, 0.1) is 4.53 Å². The summed E-state index contributed by atoms with van der Waals surface area (Å²) in [4.78, 5) is 24.5. The number of hydrogen-bond acceptors (Lipinski definition) is 3. The average Bonchev–Trinajstić information content (AvgIpc) is 2.70. The van der Waals surface area contributed by atoms with Gasteiger partial charge in [0.25, 0.3) is 5.56 Å². The van der Waals surface area contributed by atoms with Crippen molar-refractivity contribution >= 4 is 52.5 Å². The molecular formula is C17H17Cl2NO2S. The van der Waals surface area contributed by atoms with Gasteiger partial charge >= 0.3 is 0 Å². The van der Waals surface area contributed by atoms with Crippen LogP contribution in [0.1, 0.15) is 26.3 Å². The van der Waals surface area contributed by atoms with Gasteiger partial charge in [-0.2, -0.15) is 0 Å². The van der Waals surface area contributed by atoms with E-state index in [0.29, 0.717) is 24.8 Å². The van der Waals surface area contributed by atoms with Crippen LogP contribution in [-0.4, -0.2) is 10.4 Å². The quantitative estimate of drug-likeness (QED) is 0.815. The fraction of sp³-hybridized carbons (Fsp3) is 0.294. The first kappa shape index (κ1) is 18.0. The SMILES string of the molecule is Cn1c(=O)/c(=C\c2c(Cl)cccc2Cl)s/c1=C\C(=O)C(C)(C)C. The highest BCUT2D eigenvalue weighted by atomic mass is 35.5. The van der Waals surface area contributed by atoms with Gasteiger partial charge in [0.1, 0.15) is 4.66 Å². The molecule has 0 saturated carbocycles. The smallest absolute Gasteiger partial charge is 0.268 e. The molecule has 0 saturated heterocycles. The monoisotopic (exact) mass is 369 g/mol. The lowest BCUT2D eigenvalue weighted by Crippen LogP contribution is -2.30. The zero-order chi connectivity index (χ0) is 17.4. The molecule has 1 aromatic carbocycles. The van der Waals surface area contributed by atoms with Crippen molar-refractivity contribution in [2.45, 2.75) is 20.8 Å². The topological polar surface area (TPSA) is 39.1 Å². The number of carbonyl (C=O) groups is 1. The van der Waals surface area contributed by atoms with E-state index < -0.39 is 5.41 Å². The largest absolute Gasteiger partial charge is 0.302 e. The molecule has 23 heavy (non-hydrogen) atoms. The highest BCUT2D eigenvalue weighted by molar-refractivity contribution is 7.07. The Morgan fingerprint density at radius 1 is 1.22 bits per heavy atom. The van der Waals surface area contributed by atoms with Crippen LogP contribution in [0.5, 0.6) is 0 Å². The van der Waals surface area contributed by atoms with Gasteiger partial charge in [-0.15, -0.1) is 11.3 Å². The van der Waals surface area contributed by atoms with Crippen LogP contribution in [0.25, 0.3) is 12.2 Å². The van der Waals surface area contributed by atoms with Crippen molar-refractivity contribution in [1.82, 2.24) is 4.57 Å². The molecule has 2 aromatic rings. The minimum atomic E-state index is -0.490. The Bertz CT molecular complexity index is 913. The predicted octanol–water partition coefficient (Wildman–Crippen LogP) is 2.98. The summed E-state index contributed by atoms with van der Waals surface area (Å²) in [5.41, 5.74) is -0.0712. The number of thiazole rings is 1. The van der Waals surface area contributed by atoms with Gasteiger partial charge in [-0.3, -0.25) is 9.59 Å². The van der Waals surface area contributed by atoms with Crippen LogP contribution in [0.15, 0.2) is 23.0 Å². The van der Waals surface area contributed by atoms with Crippen molar-refractivity contribution < 1.29 is 4.79 Å². The van der Waals surface area contributed by atoms with Gasteiger partial charge in [-0.05, 0) is 18.2 Å². The van der Waals surface area contributed by atoms with Crippen LogP contribution in [0, 0.1) is 5.41 Å². The number of carbonyl (C=O) groups excluding carboxylic acids is 1. The Morgan fingerprint density at radius 3 is 2.30 bits per heavy atom. The standard InChI is InChI=1S/C17H17Cl2NO2S/c1-17(2,3)14(21)9-15-20(4)16(22)13(23-15)8-10-11(18)6-5-7-12(10)19/h5-9H,1-4H3/b13-8+,15-9-. The first-order valence-electron chi connectivity index (χ1n) is 6.99. The number of hydrogen-bond donors (Lipinski definition) is 0. The molecule has 0 aliphatic carbocycles. The fourth-order valence-corrected chi connectivity index (χ4v) is 3.33. The maximum absolute atomic E-state index is 12.4. The van der Waals surface area contributed by atoms with E-state index in [0.717, 1.165) is 0 Å². The van der Waals surface area contributed by atoms with Gasteiger partial charge in [-0.1, -0.05) is 50.0 Å². The molecule has 0 fully saturated rings. The highest BCUT2D eigenvalue weighted by Gasteiger charge is 2.19.